The van der Waals surface area contributed by atoms with Crippen molar-refractivity contribution in [3.63, 3.8) is 0 Å². The van der Waals surface area contributed by atoms with E-state index >= 15 is 0 Å². The molecule has 1 aromatic rings. The lowest BCUT2D eigenvalue weighted by Crippen LogP contribution is -2.35. The Morgan fingerprint density at radius 2 is 1.89 bits per heavy atom. The zero-order chi connectivity index (χ0) is 13.6. The van der Waals surface area contributed by atoms with Gasteiger partial charge in [-0.3, -0.25) is 4.79 Å². The lowest BCUT2D eigenvalue weighted by Gasteiger charge is -2.23. The lowest BCUT2D eigenvalue weighted by molar-refractivity contribution is -0.120. The largest absolute Gasteiger partial charge is 0.355 e. The summed E-state index contributed by atoms with van der Waals surface area (Å²) in [5, 5.41) is 3.62. The maximum absolute atomic E-state index is 11.8. The first-order chi connectivity index (χ1) is 8.43. The first kappa shape index (κ1) is 15.3. The molecular weight excluding hydrogens is 269 g/mol. The van der Waals surface area contributed by atoms with E-state index in [0.29, 0.717) is 23.9 Å². The number of nitrogens with one attached hydrogen (secondary N) is 1. The zero-order valence-electron chi connectivity index (χ0n) is 10.8. The van der Waals surface area contributed by atoms with Crippen molar-refractivity contribution in [1.82, 2.24) is 5.32 Å². The molecule has 2 nitrogen and oxygen atoms in total. The van der Waals surface area contributed by atoms with Gasteiger partial charge in [0.1, 0.15) is 0 Å². The van der Waals surface area contributed by atoms with Crippen LogP contribution in [0, 0.1) is 5.41 Å². The van der Waals surface area contributed by atoms with Crippen molar-refractivity contribution in [3.8, 4) is 0 Å². The third kappa shape index (κ3) is 5.74. The first-order valence-electron chi connectivity index (χ1n) is 6.00. The van der Waals surface area contributed by atoms with Crippen LogP contribution in [0.25, 0.3) is 0 Å². The number of rotatable bonds is 6. The van der Waals surface area contributed by atoms with Crippen molar-refractivity contribution in [2.45, 2.75) is 26.7 Å². The Kier molecular flexibility index (Phi) is 5.97. The summed E-state index contributed by atoms with van der Waals surface area (Å²) in [5.41, 5.74) is 1.00. The molecule has 1 amide bonds. The molecule has 0 atom stereocenters. The minimum atomic E-state index is 0.0277. The molecule has 0 radical (unpaired) electrons. The molecular formula is C14H19Cl2NO. The van der Waals surface area contributed by atoms with Crippen LogP contribution in [0.15, 0.2) is 24.3 Å². The number of amides is 1. The molecule has 1 aromatic carbocycles. The number of alkyl halides is 1. The Hall–Kier alpha value is -0.730. The van der Waals surface area contributed by atoms with Crippen molar-refractivity contribution < 1.29 is 4.79 Å². The number of carbonyl (C=O) groups excluding carboxylic acids is 1. The van der Waals surface area contributed by atoms with Gasteiger partial charge >= 0.3 is 0 Å². The summed E-state index contributed by atoms with van der Waals surface area (Å²) < 4.78 is 0. The summed E-state index contributed by atoms with van der Waals surface area (Å²) in [6.45, 7) is 4.84. The second-order valence-corrected chi connectivity index (χ2v) is 6.00. The molecule has 4 heteroatoms. The second-order valence-electron chi connectivity index (χ2n) is 5.18. The van der Waals surface area contributed by atoms with Gasteiger partial charge in [0, 0.05) is 17.4 Å². The van der Waals surface area contributed by atoms with Gasteiger partial charge < -0.3 is 5.32 Å². The highest BCUT2D eigenvalue weighted by atomic mass is 35.5. The van der Waals surface area contributed by atoms with Gasteiger partial charge in [0.25, 0.3) is 0 Å². The first-order valence-corrected chi connectivity index (χ1v) is 6.91. The molecule has 0 aliphatic carbocycles. The van der Waals surface area contributed by atoms with Crippen LogP contribution in [0.4, 0.5) is 0 Å². The average Bonchev–Trinajstić information content (AvgIpc) is 2.30. The number of hydrogen-bond donors (Lipinski definition) is 1. The third-order valence-electron chi connectivity index (χ3n) is 2.81. The molecule has 0 aliphatic heterocycles. The SMILES string of the molecule is CC(C)(CCCl)CNC(=O)Cc1ccc(Cl)cc1. The minimum absolute atomic E-state index is 0.0277. The average molecular weight is 288 g/mol. The number of carbonyl (C=O) groups is 1. The molecule has 0 aliphatic rings. The van der Waals surface area contributed by atoms with Crippen molar-refractivity contribution in [1.29, 1.82) is 0 Å². The van der Waals surface area contributed by atoms with E-state index in [1.807, 2.05) is 12.1 Å². The van der Waals surface area contributed by atoms with Crippen molar-refractivity contribution in [2.75, 3.05) is 12.4 Å². The summed E-state index contributed by atoms with van der Waals surface area (Å²) in [4.78, 5) is 11.8. The van der Waals surface area contributed by atoms with E-state index in [-0.39, 0.29) is 11.3 Å². The van der Waals surface area contributed by atoms with Gasteiger partial charge in [-0.1, -0.05) is 37.6 Å². The monoisotopic (exact) mass is 287 g/mol. The fourth-order valence-electron chi connectivity index (χ4n) is 1.53. The maximum Gasteiger partial charge on any atom is 0.224 e. The molecule has 1 N–H and O–H groups in total. The molecule has 0 saturated heterocycles. The fourth-order valence-corrected chi connectivity index (χ4v) is 2.17. The quantitative estimate of drug-likeness (QED) is 0.795. The lowest BCUT2D eigenvalue weighted by atomic mass is 9.90. The van der Waals surface area contributed by atoms with Crippen LogP contribution >= 0.6 is 23.2 Å². The molecule has 0 aromatic heterocycles. The Labute approximate surface area is 119 Å². The second kappa shape index (κ2) is 7.01. The molecule has 0 fully saturated rings. The van der Waals surface area contributed by atoms with Crippen LogP contribution in [-0.4, -0.2) is 18.3 Å². The standard InChI is InChI=1S/C14H19Cl2NO/c1-14(2,7-8-15)10-17-13(18)9-11-3-5-12(16)6-4-11/h3-6H,7-10H2,1-2H3,(H,17,18). The van der Waals surface area contributed by atoms with E-state index in [4.69, 9.17) is 23.2 Å². The number of benzene rings is 1. The predicted molar refractivity (Wildman–Crippen MR) is 77.3 cm³/mol. The maximum atomic E-state index is 11.8. The van der Waals surface area contributed by atoms with E-state index < -0.39 is 0 Å². The zero-order valence-corrected chi connectivity index (χ0v) is 12.3. The Morgan fingerprint density at radius 3 is 2.44 bits per heavy atom. The molecule has 18 heavy (non-hydrogen) atoms. The van der Waals surface area contributed by atoms with Crippen molar-refractivity contribution in [3.05, 3.63) is 34.9 Å². The van der Waals surface area contributed by atoms with Crippen molar-refractivity contribution in [2.24, 2.45) is 5.41 Å². The molecule has 0 unspecified atom stereocenters. The van der Waals surface area contributed by atoms with Crippen LogP contribution in [0.1, 0.15) is 25.8 Å². The van der Waals surface area contributed by atoms with Gasteiger partial charge in [0.05, 0.1) is 6.42 Å². The van der Waals surface area contributed by atoms with Gasteiger partial charge in [0.15, 0.2) is 0 Å². The highest BCUT2D eigenvalue weighted by Crippen LogP contribution is 2.19. The number of halogens is 2. The highest BCUT2D eigenvalue weighted by Gasteiger charge is 2.17. The molecule has 0 bridgehead atoms. The summed E-state index contributed by atoms with van der Waals surface area (Å²) in [6.07, 6.45) is 1.27. The van der Waals surface area contributed by atoms with E-state index in [1.54, 1.807) is 12.1 Å². The number of hydrogen-bond acceptors (Lipinski definition) is 1. The van der Waals surface area contributed by atoms with Crippen LogP contribution in [0.2, 0.25) is 5.02 Å². The molecule has 100 valence electrons. The Bertz CT molecular complexity index is 387. The van der Waals surface area contributed by atoms with Gasteiger partial charge in [-0.15, -0.1) is 11.6 Å². The fraction of sp³-hybridized carbons (Fsp3) is 0.500. The highest BCUT2D eigenvalue weighted by molar-refractivity contribution is 6.30. The van der Waals surface area contributed by atoms with Gasteiger partial charge in [0.2, 0.25) is 5.91 Å². The summed E-state index contributed by atoms with van der Waals surface area (Å²) in [5.74, 6) is 0.639. The summed E-state index contributed by atoms with van der Waals surface area (Å²) in [7, 11) is 0. The van der Waals surface area contributed by atoms with E-state index in [0.717, 1.165) is 12.0 Å². The molecule has 0 heterocycles. The van der Waals surface area contributed by atoms with Gasteiger partial charge in [-0.2, -0.15) is 0 Å². The molecule has 1 rings (SSSR count). The van der Waals surface area contributed by atoms with Gasteiger partial charge in [-0.05, 0) is 29.5 Å². The van der Waals surface area contributed by atoms with Crippen LogP contribution in [0.3, 0.4) is 0 Å². The summed E-state index contributed by atoms with van der Waals surface area (Å²) >= 11 is 11.5. The topological polar surface area (TPSA) is 29.1 Å². The van der Waals surface area contributed by atoms with E-state index in [2.05, 4.69) is 19.2 Å². The Morgan fingerprint density at radius 1 is 1.28 bits per heavy atom. The molecule has 0 saturated carbocycles. The predicted octanol–water partition coefficient (Wildman–Crippen LogP) is 3.65. The smallest absolute Gasteiger partial charge is 0.224 e. The third-order valence-corrected chi connectivity index (χ3v) is 3.25. The van der Waals surface area contributed by atoms with Crippen LogP contribution in [-0.2, 0) is 11.2 Å². The molecule has 0 spiro atoms. The van der Waals surface area contributed by atoms with E-state index in [1.165, 1.54) is 0 Å². The van der Waals surface area contributed by atoms with E-state index in [9.17, 15) is 4.79 Å². The van der Waals surface area contributed by atoms with Crippen LogP contribution in [0.5, 0.6) is 0 Å². The normalized spacial score (nSPS) is 11.3. The minimum Gasteiger partial charge on any atom is -0.355 e. The van der Waals surface area contributed by atoms with Gasteiger partial charge in [-0.25, -0.2) is 0 Å². The van der Waals surface area contributed by atoms with Crippen LogP contribution < -0.4 is 5.32 Å². The Balaban J connectivity index is 2.40. The van der Waals surface area contributed by atoms with Crippen molar-refractivity contribution >= 4 is 29.1 Å². The summed E-state index contributed by atoms with van der Waals surface area (Å²) in [6, 6.07) is 7.32.